The molecule has 1 saturated heterocycles. The highest BCUT2D eigenvalue weighted by Gasteiger charge is 2.47. The number of carbonyl (C=O) groups excluding carboxylic acids is 1. The molecule has 2 unspecified atom stereocenters. The van der Waals surface area contributed by atoms with Crippen molar-refractivity contribution >= 4 is 28.3 Å². The number of alkyl halides is 4. The molecule has 186 valence electrons. The van der Waals surface area contributed by atoms with E-state index in [4.69, 9.17) is 10.5 Å². The van der Waals surface area contributed by atoms with Gasteiger partial charge in [0.25, 0.3) is 5.91 Å². The van der Waals surface area contributed by atoms with E-state index in [1.54, 1.807) is 4.40 Å². The molecule has 0 saturated carbocycles. The molecule has 2 aromatic carbocycles. The van der Waals surface area contributed by atoms with E-state index in [2.05, 4.69) is 14.7 Å². The van der Waals surface area contributed by atoms with Gasteiger partial charge < -0.3 is 20.1 Å². The lowest BCUT2D eigenvalue weighted by molar-refractivity contribution is -0.274. The van der Waals surface area contributed by atoms with Crippen molar-refractivity contribution in [3.05, 3.63) is 59.8 Å². The molecule has 2 aliphatic heterocycles. The van der Waals surface area contributed by atoms with Crippen molar-refractivity contribution in [2.45, 2.75) is 31.1 Å². The third-order valence-electron chi connectivity index (χ3n) is 6.34. The van der Waals surface area contributed by atoms with E-state index in [1.165, 1.54) is 24.7 Å². The lowest BCUT2D eigenvalue weighted by Crippen LogP contribution is -2.49. The summed E-state index contributed by atoms with van der Waals surface area (Å²) in [5, 5.41) is 0. The Morgan fingerprint density at radius 1 is 1.19 bits per heavy atom. The van der Waals surface area contributed by atoms with Gasteiger partial charge in [-0.2, -0.15) is 0 Å². The molecular formula is C23H16F5N5O3. The number of rotatable bonds is 2. The van der Waals surface area contributed by atoms with E-state index >= 15 is 4.39 Å². The summed E-state index contributed by atoms with van der Waals surface area (Å²) >= 11 is 0. The molecule has 13 heteroatoms. The molecule has 2 N–H and O–H groups in total. The minimum Gasteiger partial charge on any atom is -0.487 e. The summed E-state index contributed by atoms with van der Waals surface area (Å²) in [6.07, 6.45) is -4.42. The Kier molecular flexibility index (Phi) is 4.75. The van der Waals surface area contributed by atoms with E-state index in [-0.39, 0.29) is 35.6 Å². The van der Waals surface area contributed by atoms with Crippen LogP contribution >= 0.6 is 0 Å². The van der Waals surface area contributed by atoms with Gasteiger partial charge in [0.15, 0.2) is 0 Å². The van der Waals surface area contributed by atoms with Gasteiger partial charge in [-0.25, -0.2) is 18.7 Å². The predicted molar refractivity (Wildman–Crippen MR) is 116 cm³/mol. The number of nitrogens with zero attached hydrogens (tertiary/aromatic N) is 4. The Morgan fingerprint density at radius 3 is 2.78 bits per heavy atom. The van der Waals surface area contributed by atoms with Crippen molar-refractivity contribution in [2.75, 3.05) is 12.3 Å². The van der Waals surface area contributed by atoms with Crippen LogP contribution < -0.4 is 15.2 Å². The molecule has 1 fully saturated rings. The van der Waals surface area contributed by atoms with E-state index in [0.717, 1.165) is 23.1 Å². The second kappa shape index (κ2) is 7.67. The summed E-state index contributed by atoms with van der Waals surface area (Å²) in [7, 11) is 0. The summed E-state index contributed by atoms with van der Waals surface area (Å²) in [6, 6.07) is 4.99. The van der Waals surface area contributed by atoms with Crippen LogP contribution in [0.5, 0.6) is 11.5 Å². The van der Waals surface area contributed by atoms with Gasteiger partial charge in [-0.3, -0.25) is 9.20 Å². The van der Waals surface area contributed by atoms with Crippen LogP contribution in [0, 0.1) is 5.82 Å². The monoisotopic (exact) mass is 505 g/mol. The molecular weight excluding hydrogens is 489 g/mol. The van der Waals surface area contributed by atoms with Crippen LogP contribution in [0.15, 0.2) is 42.9 Å². The van der Waals surface area contributed by atoms with E-state index in [1.807, 2.05) is 0 Å². The average molecular weight is 505 g/mol. The summed E-state index contributed by atoms with van der Waals surface area (Å²) < 4.78 is 78.9. The van der Waals surface area contributed by atoms with Gasteiger partial charge in [-0.15, -0.1) is 13.2 Å². The minimum atomic E-state index is -4.90. The number of ether oxygens (including phenoxy) is 2. The number of halogens is 5. The van der Waals surface area contributed by atoms with E-state index in [0.29, 0.717) is 16.6 Å². The number of benzene rings is 2. The maximum atomic E-state index is 15.1. The van der Waals surface area contributed by atoms with Gasteiger partial charge in [0.2, 0.25) is 0 Å². The van der Waals surface area contributed by atoms with Crippen LogP contribution in [0.1, 0.15) is 28.4 Å². The summed E-state index contributed by atoms with van der Waals surface area (Å²) in [4.78, 5) is 22.9. The first kappa shape index (κ1) is 22.3. The molecule has 1 amide bonds. The lowest BCUT2D eigenvalue weighted by Gasteiger charge is -2.38. The van der Waals surface area contributed by atoms with Crippen molar-refractivity contribution in [1.29, 1.82) is 0 Å². The highest BCUT2D eigenvalue weighted by Crippen LogP contribution is 2.47. The summed E-state index contributed by atoms with van der Waals surface area (Å²) in [6.45, 7) is -0.346. The van der Waals surface area contributed by atoms with Crippen molar-refractivity contribution in [3.63, 3.8) is 0 Å². The molecule has 2 aliphatic rings. The van der Waals surface area contributed by atoms with Crippen LogP contribution in [0.25, 0.3) is 16.6 Å². The Hall–Kier alpha value is -4.16. The molecule has 36 heavy (non-hydrogen) atoms. The Balaban J connectivity index is 1.41. The number of aromatic nitrogens is 3. The standard InChI is InChI=1S/C23H16F5N5O3/c24-10-3-19-20(12-2-1-11(4-18(12)35-19)36-23(26,27)28)32(8-10)22(34)13-5-16-15(6-14(13)25)31-21(29)17-7-30-9-33(16)17/h1-2,4-7,9-10,19-20H,3,8H2,(H2,29,31)/t10-,19?,20?/m1/s1. The molecule has 8 nitrogen and oxygen atoms in total. The molecule has 3 atom stereocenters. The third-order valence-corrected chi connectivity index (χ3v) is 6.34. The van der Waals surface area contributed by atoms with Crippen molar-refractivity contribution < 1.29 is 36.2 Å². The minimum absolute atomic E-state index is 0.0393. The molecule has 0 radical (unpaired) electrons. The Labute approximate surface area is 199 Å². The Bertz CT molecular complexity index is 1540. The zero-order chi connectivity index (χ0) is 25.4. The third kappa shape index (κ3) is 3.53. The average Bonchev–Trinajstić information content (AvgIpc) is 3.41. The maximum absolute atomic E-state index is 15.1. The SMILES string of the molecule is Nc1nc2cc(F)c(C(=O)N3C[C@H](F)CC4Oc5cc(OC(F)(F)F)ccc5C43)cc2n2cncc12. The van der Waals surface area contributed by atoms with Crippen molar-refractivity contribution in [1.82, 2.24) is 19.3 Å². The number of nitrogens with two attached hydrogens (primary N) is 1. The number of nitrogen functional groups attached to an aromatic ring is 1. The number of hydrogen-bond donors (Lipinski definition) is 1. The smallest absolute Gasteiger partial charge is 0.487 e. The molecule has 6 rings (SSSR count). The predicted octanol–water partition coefficient (Wildman–Crippen LogP) is 4.19. The van der Waals surface area contributed by atoms with Crippen LogP contribution in [0.3, 0.4) is 0 Å². The van der Waals surface area contributed by atoms with Gasteiger partial charge in [0.1, 0.15) is 40.9 Å². The zero-order valence-electron chi connectivity index (χ0n) is 18.2. The van der Waals surface area contributed by atoms with Crippen molar-refractivity contribution in [2.24, 2.45) is 0 Å². The van der Waals surface area contributed by atoms with Crippen molar-refractivity contribution in [3.8, 4) is 11.5 Å². The largest absolute Gasteiger partial charge is 0.573 e. The molecule has 0 spiro atoms. The first-order valence-corrected chi connectivity index (χ1v) is 10.8. The van der Waals surface area contributed by atoms with Gasteiger partial charge in [-0.1, -0.05) is 0 Å². The van der Waals surface area contributed by atoms with Gasteiger partial charge >= 0.3 is 6.36 Å². The normalized spacial score (nSPS) is 21.4. The fourth-order valence-electron chi connectivity index (χ4n) is 4.91. The van der Waals surface area contributed by atoms with Gasteiger partial charge in [-0.05, 0) is 18.2 Å². The molecule has 0 bridgehead atoms. The van der Waals surface area contributed by atoms with Crippen LogP contribution in [-0.4, -0.2) is 50.4 Å². The zero-order valence-corrected chi connectivity index (χ0v) is 18.2. The molecule has 4 heterocycles. The lowest BCUT2D eigenvalue weighted by atomic mass is 9.92. The number of likely N-dealkylation sites (tertiary alicyclic amines) is 1. The van der Waals surface area contributed by atoms with Crippen LogP contribution in [0.2, 0.25) is 0 Å². The number of fused-ring (bicyclic) bond motifs is 6. The maximum Gasteiger partial charge on any atom is 0.573 e. The van der Waals surface area contributed by atoms with E-state index < -0.39 is 42.2 Å². The highest BCUT2D eigenvalue weighted by molar-refractivity contribution is 5.99. The number of anilines is 1. The van der Waals surface area contributed by atoms with Gasteiger partial charge in [0.05, 0.1) is 41.7 Å². The summed E-state index contributed by atoms with van der Waals surface area (Å²) in [5.74, 6) is -2.02. The fraction of sp³-hybridized carbons (Fsp3) is 0.261. The number of amides is 1. The van der Waals surface area contributed by atoms with Crippen LogP contribution in [-0.2, 0) is 0 Å². The Morgan fingerprint density at radius 2 is 2.00 bits per heavy atom. The van der Waals surface area contributed by atoms with E-state index in [9.17, 15) is 22.4 Å². The second-order valence-corrected chi connectivity index (χ2v) is 8.61. The summed E-state index contributed by atoms with van der Waals surface area (Å²) in [5.41, 5.74) is 6.96. The highest BCUT2D eigenvalue weighted by atomic mass is 19.4. The number of hydrogen-bond acceptors (Lipinski definition) is 6. The topological polar surface area (TPSA) is 95.0 Å². The number of imidazole rings is 1. The number of carbonyl (C=O) groups is 1. The van der Waals surface area contributed by atoms with Crippen LogP contribution in [0.4, 0.5) is 27.8 Å². The number of piperidine rings is 1. The fourth-order valence-corrected chi connectivity index (χ4v) is 4.91. The van der Waals surface area contributed by atoms with Gasteiger partial charge in [0, 0.05) is 24.1 Å². The molecule has 2 aromatic heterocycles. The molecule has 4 aromatic rings. The first-order valence-electron chi connectivity index (χ1n) is 10.8. The second-order valence-electron chi connectivity index (χ2n) is 8.61. The quantitative estimate of drug-likeness (QED) is 0.411. The first-order chi connectivity index (χ1) is 17.1. The molecule has 0 aliphatic carbocycles.